The Morgan fingerprint density at radius 3 is 2.11 bits per heavy atom. The van der Waals surface area contributed by atoms with Crippen LogP contribution >= 0.6 is 0 Å². The van der Waals surface area contributed by atoms with Crippen LogP contribution in [-0.2, 0) is 0 Å². The van der Waals surface area contributed by atoms with Gasteiger partial charge in [-0.25, -0.2) is 0 Å². The van der Waals surface area contributed by atoms with Gasteiger partial charge in [-0.2, -0.15) is 0 Å². The summed E-state index contributed by atoms with van der Waals surface area (Å²) in [5.74, 6) is 0.877. The second-order valence-corrected chi connectivity index (χ2v) is 7.38. The Labute approximate surface area is 114 Å². The van der Waals surface area contributed by atoms with Gasteiger partial charge in [-0.3, -0.25) is 0 Å². The standard InChI is InChI=1S/C16H34N2/c1-7-11-18-16(5,13-9-8-10-13)12-14(17-6)15(2,3)4/h13-14,17-18H,7-12H2,1-6H3/t14-,16?/m1/s1. The summed E-state index contributed by atoms with van der Waals surface area (Å²) in [5, 5.41) is 7.38. The molecule has 108 valence electrons. The predicted molar refractivity (Wildman–Crippen MR) is 81.0 cm³/mol. The Morgan fingerprint density at radius 2 is 1.78 bits per heavy atom. The Morgan fingerprint density at radius 1 is 1.17 bits per heavy atom. The number of hydrogen-bond acceptors (Lipinski definition) is 2. The highest BCUT2D eigenvalue weighted by atomic mass is 15.0. The summed E-state index contributed by atoms with van der Waals surface area (Å²) in [6, 6.07) is 0.576. The summed E-state index contributed by atoms with van der Waals surface area (Å²) in [5.41, 5.74) is 0.642. The minimum atomic E-state index is 0.315. The van der Waals surface area contributed by atoms with Gasteiger partial charge in [0.05, 0.1) is 0 Å². The molecule has 2 N–H and O–H groups in total. The molecule has 0 radical (unpaired) electrons. The van der Waals surface area contributed by atoms with Gasteiger partial charge < -0.3 is 10.6 Å². The highest BCUT2D eigenvalue weighted by Crippen LogP contribution is 2.40. The highest BCUT2D eigenvalue weighted by molar-refractivity contribution is 4.99. The van der Waals surface area contributed by atoms with Crippen LogP contribution < -0.4 is 10.6 Å². The maximum atomic E-state index is 3.84. The Kier molecular flexibility index (Phi) is 5.67. The van der Waals surface area contributed by atoms with Gasteiger partial charge in [0.2, 0.25) is 0 Å². The number of nitrogens with one attached hydrogen (secondary N) is 2. The van der Waals surface area contributed by atoms with Gasteiger partial charge in [0, 0.05) is 11.6 Å². The van der Waals surface area contributed by atoms with Gasteiger partial charge in [0.15, 0.2) is 0 Å². The van der Waals surface area contributed by atoms with Crippen molar-refractivity contribution >= 4 is 0 Å². The molecule has 18 heavy (non-hydrogen) atoms. The maximum Gasteiger partial charge on any atom is 0.0196 e. The van der Waals surface area contributed by atoms with Crippen LogP contribution in [0, 0.1) is 11.3 Å². The van der Waals surface area contributed by atoms with E-state index in [1.165, 1.54) is 32.1 Å². The third-order valence-corrected chi connectivity index (χ3v) is 4.81. The van der Waals surface area contributed by atoms with Gasteiger partial charge in [0.1, 0.15) is 0 Å². The fraction of sp³-hybridized carbons (Fsp3) is 1.00. The fourth-order valence-corrected chi connectivity index (χ4v) is 3.10. The van der Waals surface area contributed by atoms with E-state index in [4.69, 9.17) is 0 Å². The van der Waals surface area contributed by atoms with Crippen molar-refractivity contribution in [1.29, 1.82) is 0 Å². The van der Waals surface area contributed by atoms with Crippen molar-refractivity contribution in [3.63, 3.8) is 0 Å². The molecule has 0 aromatic carbocycles. The zero-order chi connectivity index (χ0) is 13.8. The molecule has 0 saturated heterocycles. The first-order valence-electron chi connectivity index (χ1n) is 7.75. The third kappa shape index (κ3) is 3.96. The van der Waals surface area contributed by atoms with E-state index in [9.17, 15) is 0 Å². The normalized spacial score (nSPS) is 22.3. The van der Waals surface area contributed by atoms with Gasteiger partial charge in [-0.05, 0) is 57.5 Å². The van der Waals surface area contributed by atoms with Gasteiger partial charge in [-0.15, -0.1) is 0 Å². The lowest BCUT2D eigenvalue weighted by molar-refractivity contribution is 0.0987. The van der Waals surface area contributed by atoms with E-state index in [2.05, 4.69) is 52.3 Å². The first-order valence-corrected chi connectivity index (χ1v) is 7.75. The van der Waals surface area contributed by atoms with Crippen LogP contribution in [0.15, 0.2) is 0 Å². The molecule has 1 rings (SSSR count). The summed E-state index contributed by atoms with van der Waals surface area (Å²) >= 11 is 0. The van der Waals surface area contributed by atoms with Gasteiger partial charge in [-0.1, -0.05) is 34.1 Å². The molecule has 1 saturated carbocycles. The molecule has 0 aromatic rings. The molecule has 1 aliphatic carbocycles. The van der Waals surface area contributed by atoms with Crippen LogP contribution in [0.4, 0.5) is 0 Å². The number of hydrogen-bond donors (Lipinski definition) is 2. The summed E-state index contributed by atoms with van der Waals surface area (Å²) in [7, 11) is 2.11. The number of rotatable bonds is 7. The van der Waals surface area contributed by atoms with Crippen LogP contribution in [0.2, 0.25) is 0 Å². The lowest BCUT2D eigenvalue weighted by Crippen LogP contribution is -2.56. The molecule has 0 spiro atoms. The van der Waals surface area contributed by atoms with Crippen LogP contribution in [0.5, 0.6) is 0 Å². The summed E-state index contributed by atoms with van der Waals surface area (Å²) in [4.78, 5) is 0. The van der Waals surface area contributed by atoms with Crippen molar-refractivity contribution in [3.8, 4) is 0 Å². The van der Waals surface area contributed by atoms with Crippen molar-refractivity contribution in [2.24, 2.45) is 11.3 Å². The fourth-order valence-electron chi connectivity index (χ4n) is 3.10. The molecule has 0 heterocycles. The van der Waals surface area contributed by atoms with Crippen molar-refractivity contribution in [2.45, 2.75) is 78.3 Å². The Hall–Kier alpha value is -0.0800. The van der Waals surface area contributed by atoms with Crippen molar-refractivity contribution in [1.82, 2.24) is 10.6 Å². The molecule has 0 aromatic heterocycles. The molecule has 2 atom stereocenters. The lowest BCUT2D eigenvalue weighted by atomic mass is 9.66. The largest absolute Gasteiger partial charge is 0.316 e. The van der Waals surface area contributed by atoms with E-state index in [1.54, 1.807) is 0 Å². The Balaban J connectivity index is 2.70. The smallest absolute Gasteiger partial charge is 0.0196 e. The lowest BCUT2D eigenvalue weighted by Gasteiger charge is -2.47. The van der Waals surface area contributed by atoms with E-state index in [0.29, 0.717) is 17.0 Å². The zero-order valence-corrected chi connectivity index (χ0v) is 13.4. The topological polar surface area (TPSA) is 24.1 Å². The van der Waals surface area contributed by atoms with E-state index in [1.807, 2.05) is 0 Å². The van der Waals surface area contributed by atoms with Crippen molar-refractivity contribution in [2.75, 3.05) is 13.6 Å². The average molecular weight is 254 g/mol. The van der Waals surface area contributed by atoms with Gasteiger partial charge in [0.25, 0.3) is 0 Å². The van der Waals surface area contributed by atoms with E-state index < -0.39 is 0 Å². The minimum Gasteiger partial charge on any atom is -0.316 e. The monoisotopic (exact) mass is 254 g/mol. The summed E-state index contributed by atoms with van der Waals surface area (Å²) in [6.07, 6.45) is 6.70. The van der Waals surface area contributed by atoms with Crippen LogP contribution in [0.25, 0.3) is 0 Å². The quantitative estimate of drug-likeness (QED) is 0.726. The first-order chi connectivity index (χ1) is 8.33. The predicted octanol–water partition coefficient (Wildman–Crippen LogP) is 3.57. The molecule has 0 aliphatic heterocycles. The molecule has 1 fully saturated rings. The molecule has 2 heteroatoms. The summed E-state index contributed by atoms with van der Waals surface area (Å²) in [6.45, 7) is 12.9. The van der Waals surface area contributed by atoms with Crippen LogP contribution in [0.1, 0.15) is 66.7 Å². The first kappa shape index (κ1) is 16.0. The molecular weight excluding hydrogens is 220 g/mol. The van der Waals surface area contributed by atoms with Crippen LogP contribution in [0.3, 0.4) is 0 Å². The molecule has 1 unspecified atom stereocenters. The SMILES string of the molecule is CCCNC(C)(C[C@@H](NC)C(C)(C)C)C1CCC1. The van der Waals surface area contributed by atoms with E-state index in [0.717, 1.165) is 12.5 Å². The minimum absolute atomic E-state index is 0.315. The van der Waals surface area contributed by atoms with Crippen molar-refractivity contribution < 1.29 is 0 Å². The molecule has 1 aliphatic rings. The summed E-state index contributed by atoms with van der Waals surface area (Å²) < 4.78 is 0. The second kappa shape index (κ2) is 6.38. The van der Waals surface area contributed by atoms with Crippen LogP contribution in [-0.4, -0.2) is 25.2 Å². The highest BCUT2D eigenvalue weighted by Gasteiger charge is 2.40. The van der Waals surface area contributed by atoms with Crippen molar-refractivity contribution in [3.05, 3.63) is 0 Å². The average Bonchev–Trinajstić information content (AvgIpc) is 2.19. The van der Waals surface area contributed by atoms with E-state index in [-0.39, 0.29) is 0 Å². The maximum absolute atomic E-state index is 3.84. The molecule has 2 nitrogen and oxygen atoms in total. The van der Waals surface area contributed by atoms with E-state index >= 15 is 0 Å². The van der Waals surface area contributed by atoms with Gasteiger partial charge >= 0.3 is 0 Å². The zero-order valence-electron chi connectivity index (χ0n) is 13.4. The molecule has 0 amide bonds. The Bertz CT molecular complexity index is 240. The molecular formula is C16H34N2. The third-order valence-electron chi connectivity index (χ3n) is 4.81. The molecule has 0 bridgehead atoms. The second-order valence-electron chi connectivity index (χ2n) is 7.38.